The number of fused-ring (bicyclic) bond motifs is 1. The molecular formula is C25H27N5OS. The lowest BCUT2D eigenvalue weighted by molar-refractivity contribution is 0.0843. The lowest BCUT2D eigenvalue weighted by Gasteiger charge is -2.33. The van der Waals surface area contributed by atoms with Gasteiger partial charge < -0.3 is 4.57 Å². The van der Waals surface area contributed by atoms with E-state index in [0.29, 0.717) is 6.54 Å². The molecule has 1 aliphatic rings. The first-order valence-corrected chi connectivity index (χ1v) is 11.8. The third kappa shape index (κ3) is 4.24. The molecule has 4 heterocycles. The summed E-state index contributed by atoms with van der Waals surface area (Å²) >= 11 is 1.78. The summed E-state index contributed by atoms with van der Waals surface area (Å²) in [5.74, 6) is 1.03. The highest BCUT2D eigenvalue weighted by molar-refractivity contribution is 7.18. The van der Waals surface area contributed by atoms with E-state index in [0.717, 1.165) is 66.0 Å². The highest BCUT2D eigenvalue weighted by atomic mass is 32.1. The van der Waals surface area contributed by atoms with Crippen LogP contribution in [-0.2, 0) is 6.54 Å². The van der Waals surface area contributed by atoms with Gasteiger partial charge in [0.25, 0.3) is 0 Å². The molecular weight excluding hydrogens is 418 g/mol. The molecule has 0 spiro atoms. The van der Waals surface area contributed by atoms with E-state index >= 15 is 0 Å². The van der Waals surface area contributed by atoms with Gasteiger partial charge in [-0.3, -0.25) is 14.6 Å². The summed E-state index contributed by atoms with van der Waals surface area (Å²) in [6, 6.07) is 16.1. The number of para-hydroxylation sites is 1. The minimum atomic E-state index is 0.180. The fourth-order valence-electron chi connectivity index (χ4n) is 4.46. The van der Waals surface area contributed by atoms with E-state index in [-0.39, 0.29) is 5.78 Å². The topological polar surface area (TPSA) is 54.3 Å². The number of rotatable bonds is 6. The third-order valence-corrected chi connectivity index (χ3v) is 7.16. The molecule has 6 nitrogen and oxygen atoms in total. The predicted octanol–water partition coefficient (Wildman–Crippen LogP) is 4.10. The van der Waals surface area contributed by atoms with Crippen molar-refractivity contribution >= 4 is 27.3 Å². The minimum Gasteiger partial charge on any atom is -0.302 e. The minimum absolute atomic E-state index is 0.180. The van der Waals surface area contributed by atoms with Crippen LogP contribution >= 0.6 is 11.3 Å². The van der Waals surface area contributed by atoms with E-state index in [4.69, 9.17) is 4.98 Å². The summed E-state index contributed by atoms with van der Waals surface area (Å²) < 4.78 is 3.30. The Hall–Kier alpha value is -2.87. The first-order chi connectivity index (χ1) is 15.6. The molecule has 1 saturated heterocycles. The average molecular weight is 446 g/mol. The number of hydrogen-bond acceptors (Lipinski definition) is 6. The van der Waals surface area contributed by atoms with Gasteiger partial charge in [-0.05, 0) is 44.2 Å². The van der Waals surface area contributed by atoms with Crippen LogP contribution in [0.1, 0.15) is 26.8 Å². The van der Waals surface area contributed by atoms with Crippen LogP contribution in [-0.4, -0.2) is 62.8 Å². The van der Waals surface area contributed by atoms with Crippen molar-refractivity contribution in [1.29, 1.82) is 0 Å². The Morgan fingerprint density at radius 1 is 1.00 bits per heavy atom. The number of pyridine rings is 1. The van der Waals surface area contributed by atoms with Crippen LogP contribution in [0.25, 0.3) is 16.0 Å². The van der Waals surface area contributed by atoms with Gasteiger partial charge in [0.2, 0.25) is 0 Å². The fraction of sp³-hybridized carbons (Fsp3) is 0.320. The number of hydrogen-bond donors (Lipinski definition) is 0. The molecule has 1 aliphatic heterocycles. The number of aromatic nitrogens is 3. The van der Waals surface area contributed by atoms with Crippen molar-refractivity contribution in [1.82, 2.24) is 24.3 Å². The quantitative estimate of drug-likeness (QED) is 0.418. The lowest BCUT2D eigenvalue weighted by atomic mass is 10.1. The molecule has 0 aliphatic carbocycles. The molecule has 164 valence electrons. The van der Waals surface area contributed by atoms with Gasteiger partial charge in [-0.1, -0.05) is 18.2 Å². The third-order valence-electron chi connectivity index (χ3n) is 6.14. The maximum Gasteiger partial charge on any atom is 0.178 e. The van der Waals surface area contributed by atoms with Crippen molar-refractivity contribution < 1.29 is 4.79 Å². The maximum atomic E-state index is 13.1. The van der Waals surface area contributed by atoms with E-state index in [1.165, 1.54) is 4.70 Å². The van der Waals surface area contributed by atoms with Gasteiger partial charge in [0.1, 0.15) is 10.8 Å². The smallest absolute Gasteiger partial charge is 0.178 e. The number of carbonyl (C=O) groups is 1. The Morgan fingerprint density at radius 3 is 2.50 bits per heavy atom. The second kappa shape index (κ2) is 8.94. The van der Waals surface area contributed by atoms with Gasteiger partial charge in [-0.15, -0.1) is 11.3 Å². The molecule has 0 unspecified atom stereocenters. The first-order valence-electron chi connectivity index (χ1n) is 11.0. The molecule has 4 aromatic rings. The summed E-state index contributed by atoms with van der Waals surface area (Å²) in [4.78, 5) is 27.0. The monoisotopic (exact) mass is 445 g/mol. The van der Waals surface area contributed by atoms with Gasteiger partial charge in [0, 0.05) is 49.3 Å². The van der Waals surface area contributed by atoms with Gasteiger partial charge in [0.15, 0.2) is 5.78 Å². The molecule has 0 bridgehead atoms. The summed E-state index contributed by atoms with van der Waals surface area (Å²) in [6.07, 6.45) is 1.78. The van der Waals surface area contributed by atoms with E-state index < -0.39 is 0 Å². The Morgan fingerprint density at radius 2 is 1.75 bits per heavy atom. The number of carbonyl (C=O) groups excluding carboxylic acids is 1. The van der Waals surface area contributed by atoms with Crippen LogP contribution in [0.5, 0.6) is 0 Å². The summed E-state index contributed by atoms with van der Waals surface area (Å²) in [5.41, 5.74) is 3.87. The predicted molar refractivity (Wildman–Crippen MR) is 129 cm³/mol. The van der Waals surface area contributed by atoms with Crippen LogP contribution in [0, 0.1) is 13.8 Å². The number of benzene rings is 1. The largest absolute Gasteiger partial charge is 0.302 e. The zero-order valence-corrected chi connectivity index (χ0v) is 19.3. The van der Waals surface area contributed by atoms with Crippen LogP contribution in [0.15, 0.2) is 54.7 Å². The van der Waals surface area contributed by atoms with E-state index in [1.54, 1.807) is 17.5 Å². The Labute approximate surface area is 192 Å². The molecule has 32 heavy (non-hydrogen) atoms. The number of nitrogens with zero attached hydrogens (tertiary/aromatic N) is 5. The first kappa shape index (κ1) is 21.0. The second-order valence-corrected chi connectivity index (χ2v) is 9.47. The molecule has 0 N–H and O–H groups in total. The normalized spacial score (nSPS) is 15.4. The molecule has 0 amide bonds. The molecule has 5 rings (SSSR count). The molecule has 0 radical (unpaired) electrons. The number of Topliss-reactive ketones (excluding diaryl/α,β-unsaturated/α-hetero) is 1. The van der Waals surface area contributed by atoms with Crippen molar-refractivity contribution in [3.8, 4) is 5.82 Å². The summed E-state index contributed by atoms with van der Waals surface area (Å²) in [7, 11) is 0. The van der Waals surface area contributed by atoms with E-state index in [9.17, 15) is 4.79 Å². The van der Waals surface area contributed by atoms with Crippen molar-refractivity contribution in [3.05, 3.63) is 76.7 Å². The summed E-state index contributed by atoms with van der Waals surface area (Å²) in [6.45, 7) is 9.08. The van der Waals surface area contributed by atoms with Crippen LogP contribution < -0.4 is 0 Å². The molecule has 0 saturated carbocycles. The van der Waals surface area contributed by atoms with Gasteiger partial charge in [0.05, 0.1) is 23.3 Å². The molecule has 1 fully saturated rings. The molecule has 0 atom stereocenters. The average Bonchev–Trinajstić information content (AvgIpc) is 3.35. The van der Waals surface area contributed by atoms with Crippen molar-refractivity contribution in [2.45, 2.75) is 20.4 Å². The van der Waals surface area contributed by atoms with Crippen molar-refractivity contribution in [3.63, 3.8) is 0 Å². The zero-order chi connectivity index (χ0) is 22.1. The van der Waals surface area contributed by atoms with E-state index in [2.05, 4.69) is 37.5 Å². The Balaban J connectivity index is 1.20. The fourth-order valence-corrected chi connectivity index (χ4v) is 5.47. The highest BCUT2D eigenvalue weighted by Gasteiger charge is 2.23. The summed E-state index contributed by atoms with van der Waals surface area (Å²) in [5, 5.41) is 1.16. The SMILES string of the molecule is Cc1cc(C(=O)CN2CCN(Cc3nc4ccccc4s3)CC2)c(C)n1-c1ccccn1. The van der Waals surface area contributed by atoms with Crippen molar-refractivity contribution in [2.24, 2.45) is 0 Å². The zero-order valence-electron chi connectivity index (χ0n) is 18.5. The maximum absolute atomic E-state index is 13.1. The number of thiazole rings is 1. The van der Waals surface area contributed by atoms with Gasteiger partial charge >= 0.3 is 0 Å². The van der Waals surface area contributed by atoms with Crippen LogP contribution in [0.4, 0.5) is 0 Å². The standard InChI is InChI=1S/C25H27N5OS/c1-18-15-20(19(2)30(18)24-9-5-6-10-26-24)22(31)16-28-11-13-29(14-12-28)17-25-27-21-7-3-4-8-23(21)32-25/h3-10,15H,11-14,16-17H2,1-2H3. The van der Waals surface area contributed by atoms with E-state index in [1.807, 2.05) is 44.2 Å². The highest BCUT2D eigenvalue weighted by Crippen LogP contribution is 2.23. The van der Waals surface area contributed by atoms with Gasteiger partial charge in [-0.25, -0.2) is 9.97 Å². The number of ketones is 1. The molecule has 3 aromatic heterocycles. The number of aryl methyl sites for hydroxylation is 1. The molecule has 7 heteroatoms. The van der Waals surface area contributed by atoms with Crippen LogP contribution in [0.2, 0.25) is 0 Å². The number of piperazine rings is 1. The Kier molecular flexibility index (Phi) is 5.87. The second-order valence-electron chi connectivity index (χ2n) is 8.36. The van der Waals surface area contributed by atoms with Crippen LogP contribution in [0.3, 0.4) is 0 Å². The van der Waals surface area contributed by atoms with Gasteiger partial charge in [-0.2, -0.15) is 0 Å². The molecule has 1 aromatic carbocycles. The Bertz CT molecular complexity index is 1200. The lowest BCUT2D eigenvalue weighted by Crippen LogP contribution is -2.47. The van der Waals surface area contributed by atoms with Crippen molar-refractivity contribution in [2.75, 3.05) is 32.7 Å².